The van der Waals surface area contributed by atoms with Gasteiger partial charge in [-0.1, -0.05) is 327 Å². The first kappa shape index (κ1) is 72.6. The van der Waals surface area contributed by atoms with Gasteiger partial charge in [0.15, 0.2) is 6.10 Å². The van der Waals surface area contributed by atoms with Gasteiger partial charge in [0, 0.05) is 19.3 Å². The van der Waals surface area contributed by atoms with Crippen LogP contribution in [0.5, 0.6) is 0 Å². The predicted octanol–water partition coefficient (Wildman–Crippen LogP) is 22.8. The van der Waals surface area contributed by atoms with Crippen molar-refractivity contribution in [1.29, 1.82) is 0 Å². The summed E-state index contributed by atoms with van der Waals surface area (Å²) in [7, 11) is 0. The number of rotatable bonds is 62. The molecule has 75 heavy (non-hydrogen) atoms. The van der Waals surface area contributed by atoms with Gasteiger partial charge in [0.2, 0.25) is 0 Å². The highest BCUT2D eigenvalue weighted by Gasteiger charge is 2.19. The molecule has 0 spiro atoms. The Hall–Kier alpha value is -2.37. The molecular weight excluding hydrogens is 925 g/mol. The number of hydrogen-bond donors (Lipinski definition) is 0. The summed E-state index contributed by atoms with van der Waals surface area (Å²) in [6, 6.07) is 0. The highest BCUT2D eigenvalue weighted by molar-refractivity contribution is 5.71. The third-order valence-electron chi connectivity index (χ3n) is 15.1. The van der Waals surface area contributed by atoms with E-state index in [4.69, 9.17) is 14.2 Å². The Kier molecular flexibility index (Phi) is 62.1. The summed E-state index contributed by atoms with van der Waals surface area (Å²) in [5.41, 5.74) is 0. The molecule has 440 valence electrons. The number of carbonyl (C=O) groups excluding carboxylic acids is 3. The lowest BCUT2D eigenvalue weighted by Gasteiger charge is -2.18. The Morgan fingerprint density at radius 1 is 0.267 bits per heavy atom. The number of ether oxygens (including phenoxy) is 3. The quantitative estimate of drug-likeness (QED) is 0.0261. The van der Waals surface area contributed by atoms with Crippen LogP contribution in [0.25, 0.3) is 0 Å². The predicted molar refractivity (Wildman–Crippen MR) is 326 cm³/mol. The van der Waals surface area contributed by atoms with E-state index in [0.29, 0.717) is 19.3 Å². The van der Waals surface area contributed by atoms with E-state index in [1.807, 2.05) is 0 Å². The molecular formula is C69H128O6. The fourth-order valence-electron chi connectivity index (χ4n) is 10.1. The van der Waals surface area contributed by atoms with Crippen LogP contribution in [0.1, 0.15) is 367 Å². The van der Waals surface area contributed by atoms with Crippen molar-refractivity contribution in [3.05, 3.63) is 36.5 Å². The smallest absolute Gasteiger partial charge is 0.306 e. The van der Waals surface area contributed by atoms with Crippen molar-refractivity contribution >= 4 is 17.9 Å². The average molecular weight is 1050 g/mol. The second kappa shape index (κ2) is 64.2. The highest BCUT2D eigenvalue weighted by Crippen LogP contribution is 2.18. The Bertz CT molecular complexity index is 1250. The summed E-state index contributed by atoms with van der Waals surface area (Å²) in [5.74, 6) is -0.848. The number of esters is 3. The van der Waals surface area contributed by atoms with Crippen LogP contribution in [-0.4, -0.2) is 37.2 Å². The Morgan fingerprint density at radius 3 is 0.747 bits per heavy atom. The molecule has 6 heteroatoms. The Labute approximate surface area is 467 Å². The zero-order valence-corrected chi connectivity index (χ0v) is 50.6. The summed E-state index contributed by atoms with van der Waals surface area (Å²) in [5, 5.41) is 0. The molecule has 0 radical (unpaired) electrons. The number of hydrogen-bond acceptors (Lipinski definition) is 6. The minimum atomic E-state index is -0.772. The molecule has 0 aliphatic rings. The summed E-state index contributed by atoms with van der Waals surface area (Å²) in [6.45, 7) is 6.69. The van der Waals surface area contributed by atoms with Gasteiger partial charge in [-0.05, 0) is 57.8 Å². The maximum atomic E-state index is 12.9. The van der Waals surface area contributed by atoms with E-state index in [-0.39, 0.29) is 31.1 Å². The normalized spacial score (nSPS) is 12.2. The van der Waals surface area contributed by atoms with Crippen molar-refractivity contribution < 1.29 is 28.6 Å². The largest absolute Gasteiger partial charge is 0.462 e. The minimum Gasteiger partial charge on any atom is -0.462 e. The van der Waals surface area contributed by atoms with Crippen LogP contribution in [0, 0.1) is 0 Å². The lowest BCUT2D eigenvalue weighted by Crippen LogP contribution is -2.30. The number of unbranched alkanes of at least 4 members (excludes halogenated alkanes) is 45. The first-order chi connectivity index (χ1) is 37.0. The molecule has 0 aromatic heterocycles. The Morgan fingerprint density at radius 2 is 0.480 bits per heavy atom. The van der Waals surface area contributed by atoms with Crippen molar-refractivity contribution in [2.75, 3.05) is 13.2 Å². The molecule has 0 aromatic rings. The molecule has 0 saturated carbocycles. The molecule has 6 nitrogen and oxygen atoms in total. The lowest BCUT2D eigenvalue weighted by molar-refractivity contribution is -0.167. The maximum Gasteiger partial charge on any atom is 0.306 e. The molecule has 1 unspecified atom stereocenters. The summed E-state index contributed by atoms with van der Waals surface area (Å²) < 4.78 is 17.0. The second-order valence-electron chi connectivity index (χ2n) is 22.7. The van der Waals surface area contributed by atoms with E-state index in [1.54, 1.807) is 0 Å². The standard InChI is InChI=1S/C69H128O6/c1-4-7-10-13-16-19-22-25-28-30-32-33-34-35-37-38-41-44-47-50-53-56-59-62-68(71)74-65-66(64-73-67(70)61-58-55-52-49-46-43-40-27-24-21-18-15-12-9-6-3)75-69(72)63-60-57-54-51-48-45-42-39-36-31-29-26-23-20-17-14-11-8-5-2/h22,25,30,32,34-35,66H,4-21,23-24,26-29,31,33,36-65H2,1-3H3/b25-22-,32-30-,35-34-. The zero-order valence-electron chi connectivity index (χ0n) is 50.6. The summed E-state index contributed by atoms with van der Waals surface area (Å²) in [4.78, 5) is 38.4. The van der Waals surface area contributed by atoms with Gasteiger partial charge in [0.05, 0.1) is 0 Å². The molecule has 0 aromatic carbocycles. The highest BCUT2D eigenvalue weighted by atomic mass is 16.6. The van der Waals surface area contributed by atoms with Gasteiger partial charge in [0.25, 0.3) is 0 Å². The third-order valence-corrected chi connectivity index (χ3v) is 15.1. The SMILES string of the molecule is CCCCCCC/C=C\C/C=C\C/C=C\CCCCCCCCCCC(=O)OCC(COC(=O)CCCCCCCCCCCCCCCCC)OC(=O)CCCCCCCCCCCCCCCCCCCCC. The first-order valence-electron chi connectivity index (χ1n) is 33.5. The van der Waals surface area contributed by atoms with Crippen molar-refractivity contribution in [2.24, 2.45) is 0 Å². The summed E-state index contributed by atoms with van der Waals surface area (Å²) >= 11 is 0. The molecule has 0 aliphatic heterocycles. The molecule has 0 N–H and O–H groups in total. The van der Waals surface area contributed by atoms with Gasteiger partial charge in [-0.2, -0.15) is 0 Å². The topological polar surface area (TPSA) is 78.9 Å². The van der Waals surface area contributed by atoms with Gasteiger partial charge in [-0.25, -0.2) is 0 Å². The van der Waals surface area contributed by atoms with Gasteiger partial charge in [0.1, 0.15) is 13.2 Å². The van der Waals surface area contributed by atoms with Gasteiger partial charge < -0.3 is 14.2 Å². The van der Waals surface area contributed by atoms with E-state index >= 15 is 0 Å². The van der Waals surface area contributed by atoms with Crippen molar-refractivity contribution in [3.8, 4) is 0 Å². The molecule has 0 bridgehead atoms. The van der Waals surface area contributed by atoms with Crippen molar-refractivity contribution in [2.45, 2.75) is 374 Å². The average Bonchev–Trinajstić information content (AvgIpc) is 3.41. The van der Waals surface area contributed by atoms with E-state index in [2.05, 4.69) is 57.2 Å². The Balaban J connectivity index is 4.31. The number of allylic oxidation sites excluding steroid dienone is 6. The van der Waals surface area contributed by atoms with Crippen LogP contribution in [-0.2, 0) is 28.6 Å². The van der Waals surface area contributed by atoms with Crippen LogP contribution in [0.2, 0.25) is 0 Å². The van der Waals surface area contributed by atoms with Crippen molar-refractivity contribution in [1.82, 2.24) is 0 Å². The first-order valence-corrected chi connectivity index (χ1v) is 33.5. The van der Waals surface area contributed by atoms with E-state index < -0.39 is 6.10 Å². The molecule has 0 saturated heterocycles. The second-order valence-corrected chi connectivity index (χ2v) is 22.7. The molecule has 0 fully saturated rings. The van der Waals surface area contributed by atoms with Gasteiger partial charge >= 0.3 is 17.9 Å². The van der Waals surface area contributed by atoms with Crippen LogP contribution >= 0.6 is 0 Å². The lowest BCUT2D eigenvalue weighted by atomic mass is 10.0. The third kappa shape index (κ3) is 62.4. The van der Waals surface area contributed by atoms with E-state index in [1.165, 1.54) is 250 Å². The minimum absolute atomic E-state index is 0.0686. The maximum absolute atomic E-state index is 12.9. The summed E-state index contributed by atoms with van der Waals surface area (Å²) in [6.07, 6.45) is 78.6. The van der Waals surface area contributed by atoms with Gasteiger partial charge in [-0.15, -0.1) is 0 Å². The van der Waals surface area contributed by atoms with Crippen LogP contribution < -0.4 is 0 Å². The zero-order chi connectivity index (χ0) is 54.3. The van der Waals surface area contributed by atoms with Gasteiger partial charge in [-0.3, -0.25) is 14.4 Å². The fraction of sp³-hybridized carbons (Fsp3) is 0.870. The van der Waals surface area contributed by atoms with Crippen LogP contribution in [0.15, 0.2) is 36.5 Å². The van der Waals surface area contributed by atoms with E-state index in [0.717, 1.165) is 77.0 Å². The van der Waals surface area contributed by atoms with Crippen molar-refractivity contribution in [3.63, 3.8) is 0 Å². The molecule has 0 heterocycles. The monoisotopic (exact) mass is 1050 g/mol. The van der Waals surface area contributed by atoms with Crippen LogP contribution in [0.4, 0.5) is 0 Å². The molecule has 0 aliphatic carbocycles. The molecule has 1 atom stereocenters. The van der Waals surface area contributed by atoms with Crippen LogP contribution in [0.3, 0.4) is 0 Å². The molecule has 0 rings (SSSR count). The molecule has 0 amide bonds. The number of carbonyl (C=O) groups is 3. The van der Waals surface area contributed by atoms with E-state index in [9.17, 15) is 14.4 Å². The fourth-order valence-corrected chi connectivity index (χ4v) is 10.1.